The van der Waals surface area contributed by atoms with Crippen LogP contribution < -0.4 is 10.6 Å². The highest BCUT2D eigenvalue weighted by molar-refractivity contribution is 14.0. The zero-order valence-corrected chi connectivity index (χ0v) is 17.2. The Balaban J connectivity index is 0.00000441. The highest BCUT2D eigenvalue weighted by atomic mass is 127. The highest BCUT2D eigenvalue weighted by Crippen LogP contribution is 2.28. The zero-order chi connectivity index (χ0) is 16.0. The van der Waals surface area contributed by atoms with Gasteiger partial charge in [0.25, 0.3) is 0 Å². The van der Waals surface area contributed by atoms with E-state index in [2.05, 4.69) is 43.3 Å². The van der Waals surface area contributed by atoms with Gasteiger partial charge in [0.2, 0.25) is 5.91 Å². The van der Waals surface area contributed by atoms with E-state index in [4.69, 9.17) is 0 Å². The summed E-state index contributed by atoms with van der Waals surface area (Å²) in [7, 11) is 3.51. The summed E-state index contributed by atoms with van der Waals surface area (Å²) >= 11 is 0. The van der Waals surface area contributed by atoms with Crippen LogP contribution in [0.5, 0.6) is 0 Å². The number of nitrogens with one attached hydrogen (secondary N) is 2. The highest BCUT2D eigenvalue weighted by Gasteiger charge is 2.24. The van der Waals surface area contributed by atoms with Gasteiger partial charge in [-0.1, -0.05) is 13.8 Å². The molecule has 1 amide bonds. The number of hydrogen-bond acceptors (Lipinski definition) is 2. The summed E-state index contributed by atoms with van der Waals surface area (Å²) in [5.41, 5.74) is 0. The van der Waals surface area contributed by atoms with Crippen LogP contribution in [-0.4, -0.2) is 49.5 Å². The normalized spacial score (nSPS) is 25.4. The van der Waals surface area contributed by atoms with Crippen LogP contribution in [0.2, 0.25) is 0 Å². The van der Waals surface area contributed by atoms with Crippen molar-refractivity contribution >= 4 is 35.8 Å². The summed E-state index contributed by atoms with van der Waals surface area (Å²) in [6.07, 6.45) is 3.65. The van der Waals surface area contributed by atoms with Crippen molar-refractivity contribution in [1.82, 2.24) is 15.5 Å². The first-order valence-corrected chi connectivity index (χ1v) is 8.05. The Morgan fingerprint density at radius 3 is 2.18 bits per heavy atom. The maximum absolute atomic E-state index is 11.7. The van der Waals surface area contributed by atoms with E-state index in [0.717, 1.165) is 17.8 Å². The second kappa shape index (κ2) is 10.3. The molecule has 1 aliphatic rings. The van der Waals surface area contributed by atoms with Gasteiger partial charge >= 0.3 is 0 Å². The third-order valence-corrected chi connectivity index (χ3v) is 3.82. The predicted molar refractivity (Wildman–Crippen MR) is 104 cm³/mol. The van der Waals surface area contributed by atoms with Crippen LogP contribution in [0.4, 0.5) is 0 Å². The largest absolute Gasteiger partial charge is 0.354 e. The molecule has 2 atom stereocenters. The Morgan fingerprint density at radius 1 is 1.18 bits per heavy atom. The number of carbonyl (C=O) groups is 1. The molecule has 0 aromatic carbocycles. The van der Waals surface area contributed by atoms with E-state index < -0.39 is 0 Å². The number of nitrogens with zero attached hydrogens (tertiary/aromatic N) is 2. The van der Waals surface area contributed by atoms with Gasteiger partial charge in [0, 0.05) is 26.2 Å². The van der Waals surface area contributed by atoms with Crippen molar-refractivity contribution in [2.24, 2.45) is 16.8 Å². The Labute approximate surface area is 152 Å². The minimum absolute atomic E-state index is 0. The molecule has 0 heterocycles. The van der Waals surface area contributed by atoms with Gasteiger partial charge in [0.1, 0.15) is 6.54 Å². The fourth-order valence-electron chi connectivity index (χ4n) is 2.95. The van der Waals surface area contributed by atoms with Crippen molar-refractivity contribution in [1.29, 1.82) is 0 Å². The molecule has 5 nitrogen and oxygen atoms in total. The van der Waals surface area contributed by atoms with Crippen LogP contribution in [-0.2, 0) is 4.79 Å². The van der Waals surface area contributed by atoms with Crippen molar-refractivity contribution in [2.75, 3.05) is 20.6 Å². The third-order valence-electron chi connectivity index (χ3n) is 3.82. The molecule has 130 valence electrons. The monoisotopic (exact) mass is 424 g/mol. The Hall–Kier alpha value is -0.530. The van der Waals surface area contributed by atoms with Crippen LogP contribution in [0.15, 0.2) is 4.99 Å². The van der Waals surface area contributed by atoms with Crippen molar-refractivity contribution in [3.8, 4) is 0 Å². The van der Waals surface area contributed by atoms with Crippen molar-refractivity contribution < 1.29 is 4.79 Å². The average Bonchev–Trinajstić information content (AvgIpc) is 2.33. The fraction of sp³-hybridized carbons (Fsp3) is 0.875. The van der Waals surface area contributed by atoms with E-state index in [1.807, 2.05) is 0 Å². The molecule has 1 saturated carbocycles. The molecule has 1 fully saturated rings. The summed E-state index contributed by atoms with van der Waals surface area (Å²) in [6, 6.07) is 0.743. The zero-order valence-electron chi connectivity index (χ0n) is 14.8. The molecule has 1 aliphatic carbocycles. The van der Waals surface area contributed by atoms with Gasteiger partial charge in [0.05, 0.1) is 0 Å². The lowest BCUT2D eigenvalue weighted by atomic mass is 9.80. The lowest BCUT2D eigenvalue weighted by Gasteiger charge is -2.33. The molecule has 0 saturated heterocycles. The fourth-order valence-corrected chi connectivity index (χ4v) is 2.95. The van der Waals surface area contributed by atoms with Gasteiger partial charge in [-0.3, -0.25) is 4.79 Å². The molecule has 0 radical (unpaired) electrons. The van der Waals surface area contributed by atoms with Gasteiger partial charge in [-0.15, -0.1) is 24.0 Å². The standard InChI is InChI=1S/C16H32N4O.HI/c1-11(2)18-16(17-10-15(21)20(5)6)19-14-8-12(3)7-13(4)9-14;/h11-14H,7-10H2,1-6H3,(H2,17,18,19);1H. The lowest BCUT2D eigenvalue weighted by Crippen LogP contribution is -2.48. The molecule has 0 spiro atoms. The molecule has 2 unspecified atom stereocenters. The molecule has 0 aromatic rings. The smallest absolute Gasteiger partial charge is 0.243 e. The number of guanidine groups is 1. The molecule has 2 N–H and O–H groups in total. The molecule has 1 rings (SSSR count). The molecule has 22 heavy (non-hydrogen) atoms. The molecule has 0 aromatic heterocycles. The maximum atomic E-state index is 11.7. The first-order chi connectivity index (χ1) is 9.77. The van der Waals surface area contributed by atoms with Crippen molar-refractivity contribution in [3.63, 3.8) is 0 Å². The number of amides is 1. The Morgan fingerprint density at radius 2 is 1.73 bits per heavy atom. The topological polar surface area (TPSA) is 56.7 Å². The molecule has 0 aliphatic heterocycles. The average molecular weight is 424 g/mol. The van der Waals surface area contributed by atoms with Gasteiger partial charge in [-0.25, -0.2) is 4.99 Å². The second-order valence-electron chi connectivity index (χ2n) is 7.01. The second-order valence-corrected chi connectivity index (χ2v) is 7.01. The molecule has 0 bridgehead atoms. The Kier molecular flexibility index (Phi) is 10.0. The third kappa shape index (κ3) is 8.19. The number of aliphatic imine (C=N–C) groups is 1. The number of rotatable bonds is 4. The van der Waals surface area contributed by atoms with Gasteiger partial charge in [-0.05, 0) is 44.9 Å². The number of likely N-dealkylation sites (N-methyl/N-ethyl adjacent to an activating group) is 1. The Bertz CT molecular complexity index is 361. The van der Waals surface area contributed by atoms with Crippen molar-refractivity contribution in [2.45, 2.75) is 59.0 Å². The summed E-state index contributed by atoms with van der Waals surface area (Å²) in [5.74, 6) is 2.27. The van der Waals surface area contributed by atoms with E-state index in [1.54, 1.807) is 19.0 Å². The lowest BCUT2D eigenvalue weighted by molar-refractivity contribution is -0.127. The molecular weight excluding hydrogens is 391 g/mol. The quantitative estimate of drug-likeness (QED) is 0.414. The first-order valence-electron chi connectivity index (χ1n) is 8.05. The van der Waals surface area contributed by atoms with Crippen molar-refractivity contribution in [3.05, 3.63) is 0 Å². The van der Waals surface area contributed by atoms with Crippen LogP contribution in [0.25, 0.3) is 0 Å². The summed E-state index contributed by atoms with van der Waals surface area (Å²) in [6.45, 7) is 8.97. The van der Waals surface area contributed by atoms with Gasteiger partial charge in [-0.2, -0.15) is 0 Å². The van der Waals surface area contributed by atoms with Crippen LogP contribution in [0, 0.1) is 11.8 Å². The number of carbonyl (C=O) groups excluding carboxylic acids is 1. The van der Waals surface area contributed by atoms with Crippen LogP contribution in [0.1, 0.15) is 47.0 Å². The van der Waals surface area contributed by atoms with Crippen LogP contribution >= 0.6 is 24.0 Å². The SMILES string of the molecule is CC1CC(C)CC(NC(=NCC(=O)N(C)C)NC(C)C)C1.I. The number of halogens is 1. The van der Waals surface area contributed by atoms with E-state index in [0.29, 0.717) is 12.1 Å². The van der Waals surface area contributed by atoms with E-state index >= 15 is 0 Å². The van der Waals surface area contributed by atoms with E-state index in [1.165, 1.54) is 19.3 Å². The summed E-state index contributed by atoms with van der Waals surface area (Å²) in [4.78, 5) is 17.7. The van der Waals surface area contributed by atoms with Crippen LogP contribution in [0.3, 0.4) is 0 Å². The molecular formula is C16H33IN4O. The predicted octanol–water partition coefficient (Wildman–Crippen LogP) is 2.46. The van der Waals surface area contributed by atoms with E-state index in [9.17, 15) is 4.79 Å². The summed E-state index contributed by atoms with van der Waals surface area (Å²) in [5, 5.41) is 6.83. The van der Waals surface area contributed by atoms with Gasteiger partial charge < -0.3 is 15.5 Å². The minimum atomic E-state index is 0. The van der Waals surface area contributed by atoms with E-state index in [-0.39, 0.29) is 36.4 Å². The van der Waals surface area contributed by atoms with Gasteiger partial charge in [0.15, 0.2) is 5.96 Å². The first kappa shape index (κ1) is 21.5. The molecule has 6 heteroatoms. The number of hydrogen-bond donors (Lipinski definition) is 2. The summed E-state index contributed by atoms with van der Waals surface area (Å²) < 4.78 is 0. The minimum Gasteiger partial charge on any atom is -0.354 e. The maximum Gasteiger partial charge on any atom is 0.243 e.